The van der Waals surface area contributed by atoms with Gasteiger partial charge in [-0.15, -0.1) is 12.3 Å². The number of benzene rings is 1. The van der Waals surface area contributed by atoms with Crippen LogP contribution in [0.1, 0.15) is 36.5 Å². The second kappa shape index (κ2) is 8.47. The minimum atomic E-state index is -0.793. The van der Waals surface area contributed by atoms with Crippen molar-refractivity contribution in [2.45, 2.75) is 32.2 Å². The van der Waals surface area contributed by atoms with E-state index in [0.717, 1.165) is 0 Å². The normalized spacial score (nSPS) is 11.1. The maximum absolute atomic E-state index is 12.1. The van der Waals surface area contributed by atoms with Crippen molar-refractivity contribution >= 4 is 17.8 Å². The lowest BCUT2D eigenvalue weighted by Gasteiger charge is -2.15. The third kappa shape index (κ3) is 5.67. The Morgan fingerprint density at radius 3 is 2.73 bits per heavy atom. The van der Waals surface area contributed by atoms with Gasteiger partial charge in [0, 0.05) is 18.9 Å². The number of terminal acetylenes is 1. The summed E-state index contributed by atoms with van der Waals surface area (Å²) >= 11 is 0. The van der Waals surface area contributed by atoms with E-state index in [1.807, 2.05) is 0 Å². The van der Waals surface area contributed by atoms with Gasteiger partial charge >= 0.3 is 5.97 Å². The molecule has 0 aliphatic carbocycles. The molecule has 0 heterocycles. The van der Waals surface area contributed by atoms with Gasteiger partial charge < -0.3 is 15.8 Å². The molecule has 6 nitrogen and oxygen atoms in total. The highest BCUT2D eigenvalue weighted by molar-refractivity contribution is 5.97. The molecule has 0 aliphatic rings. The fraction of sp³-hybridized carbons (Fsp3) is 0.312. The number of esters is 1. The summed E-state index contributed by atoms with van der Waals surface area (Å²) in [4.78, 5) is 34.4. The summed E-state index contributed by atoms with van der Waals surface area (Å²) in [5, 5.41) is 2.55. The average molecular weight is 302 g/mol. The van der Waals surface area contributed by atoms with Crippen molar-refractivity contribution in [3.63, 3.8) is 0 Å². The summed E-state index contributed by atoms with van der Waals surface area (Å²) in [6.45, 7) is 1.27. The van der Waals surface area contributed by atoms with Gasteiger partial charge in [0.1, 0.15) is 11.8 Å². The van der Waals surface area contributed by atoms with Crippen LogP contribution in [-0.4, -0.2) is 23.8 Å². The molecule has 0 unspecified atom stereocenters. The van der Waals surface area contributed by atoms with E-state index in [4.69, 9.17) is 16.9 Å². The molecule has 1 aromatic rings. The molecular weight excluding hydrogens is 284 g/mol. The lowest BCUT2D eigenvalue weighted by Crippen LogP contribution is -2.44. The number of amides is 2. The van der Waals surface area contributed by atoms with Crippen LogP contribution in [0.2, 0.25) is 0 Å². The minimum Gasteiger partial charge on any atom is -0.427 e. The van der Waals surface area contributed by atoms with Gasteiger partial charge in [0.2, 0.25) is 5.91 Å². The van der Waals surface area contributed by atoms with E-state index in [1.54, 1.807) is 18.2 Å². The SMILES string of the molecule is C#CCCC[C@@H](NC(=O)c1cccc(OC(C)=O)c1)C(N)=O. The molecule has 0 saturated carbocycles. The fourth-order valence-corrected chi connectivity index (χ4v) is 1.80. The molecule has 0 radical (unpaired) electrons. The summed E-state index contributed by atoms with van der Waals surface area (Å²) in [6, 6.07) is 5.29. The molecule has 1 aromatic carbocycles. The highest BCUT2D eigenvalue weighted by Gasteiger charge is 2.18. The highest BCUT2D eigenvalue weighted by atomic mass is 16.5. The summed E-state index contributed by atoms with van der Waals surface area (Å²) in [5.74, 6) is 1.13. The van der Waals surface area contributed by atoms with Gasteiger partial charge in [-0.2, -0.15) is 0 Å². The van der Waals surface area contributed by atoms with Crippen LogP contribution in [0, 0.1) is 12.3 Å². The van der Waals surface area contributed by atoms with E-state index in [9.17, 15) is 14.4 Å². The summed E-state index contributed by atoms with van der Waals surface area (Å²) in [7, 11) is 0. The number of nitrogens with two attached hydrogens (primary N) is 1. The van der Waals surface area contributed by atoms with Gasteiger partial charge in [0.15, 0.2) is 0 Å². The van der Waals surface area contributed by atoms with E-state index in [2.05, 4.69) is 11.2 Å². The number of carbonyl (C=O) groups excluding carboxylic acids is 3. The maximum atomic E-state index is 12.1. The molecule has 6 heteroatoms. The van der Waals surface area contributed by atoms with Gasteiger partial charge in [0.25, 0.3) is 5.91 Å². The Balaban J connectivity index is 2.75. The molecule has 0 aromatic heterocycles. The lowest BCUT2D eigenvalue weighted by molar-refractivity contribution is -0.131. The standard InChI is InChI=1S/C16H18N2O4/c1-3-4-5-9-14(15(17)20)18-16(21)12-7-6-8-13(10-12)22-11(2)19/h1,6-8,10,14H,4-5,9H2,2H3,(H2,17,20)(H,18,21)/t14-/m1/s1. The number of rotatable bonds is 7. The molecule has 22 heavy (non-hydrogen) atoms. The molecule has 0 bridgehead atoms. The van der Waals surface area contributed by atoms with Crippen LogP contribution in [0.3, 0.4) is 0 Å². The third-order valence-corrected chi connectivity index (χ3v) is 2.82. The maximum Gasteiger partial charge on any atom is 0.308 e. The lowest BCUT2D eigenvalue weighted by atomic mass is 10.1. The first-order chi connectivity index (χ1) is 10.4. The van der Waals surface area contributed by atoms with E-state index < -0.39 is 23.8 Å². The summed E-state index contributed by atoms with van der Waals surface area (Å²) < 4.78 is 4.90. The molecule has 1 rings (SSSR count). The summed E-state index contributed by atoms with van der Waals surface area (Å²) in [6.07, 6.45) is 6.60. The van der Waals surface area contributed by atoms with Gasteiger partial charge in [-0.1, -0.05) is 6.07 Å². The molecule has 0 fully saturated rings. The van der Waals surface area contributed by atoms with Gasteiger partial charge in [-0.3, -0.25) is 14.4 Å². The van der Waals surface area contributed by atoms with Crippen LogP contribution < -0.4 is 15.8 Å². The van der Waals surface area contributed by atoms with E-state index in [1.165, 1.54) is 13.0 Å². The zero-order valence-electron chi connectivity index (χ0n) is 12.3. The largest absolute Gasteiger partial charge is 0.427 e. The molecular formula is C16H18N2O4. The van der Waals surface area contributed by atoms with Crippen molar-refractivity contribution < 1.29 is 19.1 Å². The number of hydrogen-bond donors (Lipinski definition) is 2. The van der Waals surface area contributed by atoms with Crippen molar-refractivity contribution in [3.8, 4) is 18.1 Å². The van der Waals surface area contributed by atoms with Crippen LogP contribution in [0.5, 0.6) is 5.75 Å². The number of hydrogen-bond acceptors (Lipinski definition) is 4. The Morgan fingerprint density at radius 2 is 2.14 bits per heavy atom. The van der Waals surface area contributed by atoms with E-state index in [-0.39, 0.29) is 11.3 Å². The van der Waals surface area contributed by atoms with Crippen LogP contribution in [0.15, 0.2) is 24.3 Å². The predicted molar refractivity (Wildman–Crippen MR) is 80.9 cm³/mol. The Morgan fingerprint density at radius 1 is 1.41 bits per heavy atom. The Kier molecular flexibility index (Phi) is 6.64. The first-order valence-electron chi connectivity index (χ1n) is 6.76. The number of primary amides is 1. The Labute approximate surface area is 129 Å². The number of nitrogens with one attached hydrogen (secondary N) is 1. The average Bonchev–Trinajstić information content (AvgIpc) is 2.45. The number of ether oxygens (including phenoxy) is 1. The molecule has 0 aliphatic heterocycles. The molecule has 0 saturated heterocycles. The molecule has 0 spiro atoms. The van der Waals surface area contributed by atoms with E-state index >= 15 is 0 Å². The zero-order chi connectivity index (χ0) is 16.5. The Hall–Kier alpha value is -2.81. The molecule has 2 amide bonds. The van der Waals surface area contributed by atoms with Crippen molar-refractivity contribution in [2.75, 3.05) is 0 Å². The number of carbonyl (C=O) groups is 3. The predicted octanol–water partition coefficient (Wildman–Crippen LogP) is 0.999. The molecule has 1 atom stereocenters. The highest BCUT2D eigenvalue weighted by Crippen LogP contribution is 2.14. The quantitative estimate of drug-likeness (QED) is 0.340. The fourth-order valence-electron chi connectivity index (χ4n) is 1.80. The zero-order valence-corrected chi connectivity index (χ0v) is 12.3. The monoisotopic (exact) mass is 302 g/mol. The summed E-state index contributed by atoms with van der Waals surface area (Å²) in [5.41, 5.74) is 5.53. The topological polar surface area (TPSA) is 98.5 Å². The van der Waals surface area contributed by atoms with Gasteiger partial charge in [-0.25, -0.2) is 0 Å². The first kappa shape index (κ1) is 17.2. The Bertz CT molecular complexity index is 604. The second-order valence-corrected chi connectivity index (χ2v) is 4.65. The molecule has 116 valence electrons. The van der Waals surface area contributed by atoms with Crippen molar-refractivity contribution in [1.82, 2.24) is 5.32 Å². The van der Waals surface area contributed by atoms with Crippen LogP contribution in [0.25, 0.3) is 0 Å². The first-order valence-corrected chi connectivity index (χ1v) is 6.76. The van der Waals surface area contributed by atoms with Crippen LogP contribution in [-0.2, 0) is 9.59 Å². The van der Waals surface area contributed by atoms with Crippen molar-refractivity contribution in [3.05, 3.63) is 29.8 Å². The molecule has 3 N–H and O–H groups in total. The smallest absolute Gasteiger partial charge is 0.308 e. The van der Waals surface area contributed by atoms with E-state index in [0.29, 0.717) is 19.3 Å². The minimum absolute atomic E-state index is 0.253. The number of unbranched alkanes of at least 4 members (excludes halogenated alkanes) is 1. The van der Waals surface area contributed by atoms with Gasteiger partial charge in [0.05, 0.1) is 0 Å². The van der Waals surface area contributed by atoms with Crippen LogP contribution >= 0.6 is 0 Å². The van der Waals surface area contributed by atoms with Crippen molar-refractivity contribution in [2.24, 2.45) is 5.73 Å². The van der Waals surface area contributed by atoms with Gasteiger partial charge in [-0.05, 0) is 31.0 Å². The second-order valence-electron chi connectivity index (χ2n) is 4.65. The van der Waals surface area contributed by atoms with Crippen LogP contribution in [0.4, 0.5) is 0 Å². The third-order valence-electron chi connectivity index (χ3n) is 2.82. The van der Waals surface area contributed by atoms with Crippen molar-refractivity contribution in [1.29, 1.82) is 0 Å².